The predicted molar refractivity (Wildman–Crippen MR) is 66.6 cm³/mol. The summed E-state index contributed by atoms with van der Waals surface area (Å²) in [6.07, 6.45) is 2.14. The molecule has 4 nitrogen and oxygen atoms in total. The lowest BCUT2D eigenvalue weighted by atomic mass is 10.1. The maximum atomic E-state index is 12.2. The Morgan fingerprint density at radius 2 is 2.29 bits per heavy atom. The second kappa shape index (κ2) is 5.27. The number of pyridine rings is 1. The molecule has 0 bridgehead atoms. The zero-order chi connectivity index (χ0) is 12.3. The van der Waals surface area contributed by atoms with Crippen LogP contribution in [0.25, 0.3) is 0 Å². The molecule has 92 valence electrons. The summed E-state index contributed by atoms with van der Waals surface area (Å²) in [4.78, 5) is 20.6. The average molecular weight is 233 g/mol. The van der Waals surface area contributed by atoms with Gasteiger partial charge in [-0.2, -0.15) is 0 Å². The summed E-state index contributed by atoms with van der Waals surface area (Å²) in [5, 5.41) is 0. The van der Waals surface area contributed by atoms with Crippen LogP contribution in [0.2, 0.25) is 0 Å². The number of rotatable bonds is 2. The Labute approximate surface area is 102 Å². The highest BCUT2D eigenvalue weighted by molar-refractivity contribution is 5.78. The van der Waals surface area contributed by atoms with E-state index in [1.54, 1.807) is 6.20 Å². The van der Waals surface area contributed by atoms with E-state index in [9.17, 15) is 4.79 Å². The molecule has 1 saturated heterocycles. The van der Waals surface area contributed by atoms with Gasteiger partial charge in [-0.3, -0.25) is 9.78 Å². The molecule has 1 unspecified atom stereocenters. The zero-order valence-corrected chi connectivity index (χ0v) is 10.5. The van der Waals surface area contributed by atoms with Crippen molar-refractivity contribution in [1.29, 1.82) is 0 Å². The highest BCUT2D eigenvalue weighted by atomic mass is 16.2. The molecule has 0 aliphatic carbocycles. The normalized spacial score (nSPS) is 21.5. The van der Waals surface area contributed by atoms with Crippen molar-refractivity contribution in [3.8, 4) is 0 Å². The van der Waals surface area contributed by atoms with Gasteiger partial charge in [-0.25, -0.2) is 0 Å². The van der Waals surface area contributed by atoms with Gasteiger partial charge in [-0.1, -0.05) is 6.07 Å². The van der Waals surface area contributed by atoms with Crippen molar-refractivity contribution < 1.29 is 4.79 Å². The lowest BCUT2D eigenvalue weighted by Crippen LogP contribution is -2.53. The van der Waals surface area contributed by atoms with Gasteiger partial charge in [0.2, 0.25) is 5.91 Å². The number of likely N-dealkylation sites (N-methyl/N-ethyl adjacent to an activating group) is 1. The van der Waals surface area contributed by atoms with Crippen LogP contribution in [0.5, 0.6) is 0 Å². The van der Waals surface area contributed by atoms with Crippen molar-refractivity contribution in [1.82, 2.24) is 14.8 Å². The molecule has 1 aromatic rings. The number of hydrogen-bond donors (Lipinski definition) is 0. The van der Waals surface area contributed by atoms with Gasteiger partial charge in [0.25, 0.3) is 0 Å². The van der Waals surface area contributed by atoms with E-state index in [1.807, 2.05) is 23.1 Å². The van der Waals surface area contributed by atoms with Crippen LogP contribution in [0.3, 0.4) is 0 Å². The Balaban J connectivity index is 1.96. The number of hydrogen-bond acceptors (Lipinski definition) is 3. The Hall–Kier alpha value is -1.42. The largest absolute Gasteiger partial charge is 0.337 e. The van der Waals surface area contributed by atoms with Gasteiger partial charge in [0.15, 0.2) is 0 Å². The van der Waals surface area contributed by atoms with E-state index < -0.39 is 0 Å². The third kappa shape index (κ3) is 3.03. The van der Waals surface area contributed by atoms with Gasteiger partial charge in [0.1, 0.15) is 0 Å². The van der Waals surface area contributed by atoms with Crippen LogP contribution < -0.4 is 0 Å². The molecular formula is C13H19N3O. The molecule has 4 heteroatoms. The second-order valence-electron chi connectivity index (χ2n) is 4.70. The first kappa shape index (κ1) is 12.0. The number of aromatic nitrogens is 1. The minimum Gasteiger partial charge on any atom is -0.337 e. The summed E-state index contributed by atoms with van der Waals surface area (Å²) in [5.74, 6) is 0.185. The van der Waals surface area contributed by atoms with Crippen molar-refractivity contribution >= 4 is 5.91 Å². The summed E-state index contributed by atoms with van der Waals surface area (Å²) < 4.78 is 0. The molecule has 0 aromatic carbocycles. The van der Waals surface area contributed by atoms with Gasteiger partial charge >= 0.3 is 0 Å². The van der Waals surface area contributed by atoms with E-state index in [0.29, 0.717) is 12.5 Å². The molecule has 1 aliphatic rings. The fourth-order valence-corrected chi connectivity index (χ4v) is 2.27. The molecule has 2 heterocycles. The number of piperazine rings is 1. The number of amides is 1. The van der Waals surface area contributed by atoms with Gasteiger partial charge < -0.3 is 9.80 Å². The van der Waals surface area contributed by atoms with E-state index in [4.69, 9.17) is 0 Å². The molecule has 1 atom stereocenters. The first-order chi connectivity index (χ1) is 8.16. The summed E-state index contributed by atoms with van der Waals surface area (Å²) in [6, 6.07) is 5.98. The molecule has 0 N–H and O–H groups in total. The third-order valence-electron chi connectivity index (χ3n) is 3.21. The summed E-state index contributed by atoms with van der Waals surface area (Å²) in [5.41, 5.74) is 0.851. The molecule has 1 amide bonds. The van der Waals surface area contributed by atoms with E-state index in [2.05, 4.69) is 23.9 Å². The lowest BCUT2D eigenvalue weighted by molar-refractivity contribution is -0.134. The molecule has 2 rings (SSSR count). The Morgan fingerprint density at radius 1 is 1.47 bits per heavy atom. The molecular weight excluding hydrogens is 214 g/mol. The zero-order valence-electron chi connectivity index (χ0n) is 10.5. The van der Waals surface area contributed by atoms with Gasteiger partial charge in [-0.15, -0.1) is 0 Å². The monoisotopic (exact) mass is 233 g/mol. The Kier molecular flexibility index (Phi) is 3.74. The maximum Gasteiger partial charge on any atom is 0.228 e. The fourth-order valence-electron chi connectivity index (χ4n) is 2.27. The van der Waals surface area contributed by atoms with Gasteiger partial charge in [-0.05, 0) is 26.1 Å². The molecule has 1 aliphatic heterocycles. The number of nitrogens with zero attached hydrogens (tertiary/aromatic N) is 3. The summed E-state index contributed by atoms with van der Waals surface area (Å²) in [6.45, 7) is 4.83. The van der Waals surface area contributed by atoms with Crippen LogP contribution in [0, 0.1) is 0 Å². The van der Waals surface area contributed by atoms with E-state index >= 15 is 0 Å². The third-order valence-corrected chi connectivity index (χ3v) is 3.21. The number of carbonyl (C=O) groups excluding carboxylic acids is 1. The van der Waals surface area contributed by atoms with Crippen molar-refractivity contribution in [2.24, 2.45) is 0 Å². The van der Waals surface area contributed by atoms with Crippen LogP contribution in [0.15, 0.2) is 24.4 Å². The minimum absolute atomic E-state index is 0.185. The van der Waals surface area contributed by atoms with Crippen molar-refractivity contribution in [2.45, 2.75) is 19.4 Å². The van der Waals surface area contributed by atoms with E-state index in [-0.39, 0.29) is 5.91 Å². The standard InChI is InChI=1S/C13H19N3O/c1-11-10-15(2)7-8-16(11)13(17)9-12-5-3-4-6-14-12/h3-6,11H,7-10H2,1-2H3. The van der Waals surface area contributed by atoms with Crippen LogP contribution in [-0.4, -0.2) is 53.4 Å². The Morgan fingerprint density at radius 3 is 2.94 bits per heavy atom. The minimum atomic E-state index is 0.185. The smallest absolute Gasteiger partial charge is 0.228 e. The van der Waals surface area contributed by atoms with E-state index in [1.165, 1.54) is 0 Å². The van der Waals surface area contributed by atoms with Gasteiger partial charge in [0, 0.05) is 37.6 Å². The van der Waals surface area contributed by atoms with Crippen molar-refractivity contribution in [3.05, 3.63) is 30.1 Å². The molecule has 17 heavy (non-hydrogen) atoms. The molecule has 1 fully saturated rings. The van der Waals surface area contributed by atoms with Crippen LogP contribution in [0.1, 0.15) is 12.6 Å². The first-order valence-electron chi connectivity index (χ1n) is 6.05. The predicted octanol–water partition coefficient (Wildman–Crippen LogP) is 0.787. The summed E-state index contributed by atoms with van der Waals surface area (Å²) >= 11 is 0. The fraction of sp³-hybridized carbons (Fsp3) is 0.538. The SMILES string of the molecule is CC1CN(C)CCN1C(=O)Cc1ccccn1. The van der Waals surface area contributed by atoms with Crippen molar-refractivity contribution in [2.75, 3.05) is 26.7 Å². The molecule has 0 spiro atoms. The highest BCUT2D eigenvalue weighted by Crippen LogP contribution is 2.10. The molecule has 1 aromatic heterocycles. The van der Waals surface area contributed by atoms with Crippen LogP contribution >= 0.6 is 0 Å². The van der Waals surface area contributed by atoms with E-state index in [0.717, 1.165) is 25.3 Å². The second-order valence-corrected chi connectivity index (χ2v) is 4.70. The molecule has 0 saturated carbocycles. The maximum absolute atomic E-state index is 12.2. The molecule has 0 radical (unpaired) electrons. The van der Waals surface area contributed by atoms with Crippen LogP contribution in [-0.2, 0) is 11.2 Å². The average Bonchev–Trinajstić information content (AvgIpc) is 2.30. The number of carbonyl (C=O) groups is 1. The first-order valence-corrected chi connectivity index (χ1v) is 6.05. The van der Waals surface area contributed by atoms with Crippen LogP contribution in [0.4, 0.5) is 0 Å². The lowest BCUT2D eigenvalue weighted by Gasteiger charge is -2.38. The quantitative estimate of drug-likeness (QED) is 0.757. The summed E-state index contributed by atoms with van der Waals surface area (Å²) in [7, 11) is 2.09. The van der Waals surface area contributed by atoms with Gasteiger partial charge in [0.05, 0.1) is 6.42 Å². The highest BCUT2D eigenvalue weighted by Gasteiger charge is 2.25. The Bertz CT molecular complexity index is 380. The topological polar surface area (TPSA) is 36.4 Å². The van der Waals surface area contributed by atoms with Crippen molar-refractivity contribution in [3.63, 3.8) is 0 Å².